The SMILES string of the molecule is CCCCCCCCCCCC(CC(O)C(CCCCCC)C(=O)O)(O[C@@H]1CCCCO1)C(C)(C)C. The van der Waals surface area contributed by atoms with E-state index in [2.05, 4.69) is 34.6 Å². The van der Waals surface area contributed by atoms with Gasteiger partial charge in [-0.15, -0.1) is 0 Å². The number of hydrogen-bond donors (Lipinski definition) is 2. The fourth-order valence-corrected chi connectivity index (χ4v) is 5.60. The number of carboxylic acid groups (broad SMARTS) is 1. The highest BCUT2D eigenvalue weighted by molar-refractivity contribution is 5.70. The van der Waals surface area contributed by atoms with E-state index in [1.807, 2.05) is 0 Å². The maximum atomic E-state index is 12.1. The molecule has 36 heavy (non-hydrogen) atoms. The van der Waals surface area contributed by atoms with E-state index in [1.54, 1.807) is 0 Å². The van der Waals surface area contributed by atoms with E-state index < -0.39 is 23.6 Å². The molecule has 0 saturated carbocycles. The van der Waals surface area contributed by atoms with E-state index >= 15 is 0 Å². The highest BCUT2D eigenvalue weighted by Crippen LogP contribution is 2.45. The summed E-state index contributed by atoms with van der Waals surface area (Å²) in [6.07, 6.45) is 18.9. The van der Waals surface area contributed by atoms with E-state index in [9.17, 15) is 15.0 Å². The Morgan fingerprint density at radius 1 is 0.889 bits per heavy atom. The van der Waals surface area contributed by atoms with Crippen LogP contribution in [0.5, 0.6) is 0 Å². The zero-order chi connectivity index (χ0) is 26.9. The predicted molar refractivity (Wildman–Crippen MR) is 149 cm³/mol. The quantitative estimate of drug-likeness (QED) is 0.150. The molecule has 3 unspecified atom stereocenters. The van der Waals surface area contributed by atoms with Crippen molar-refractivity contribution in [3.05, 3.63) is 0 Å². The van der Waals surface area contributed by atoms with E-state index in [1.165, 1.54) is 44.9 Å². The van der Waals surface area contributed by atoms with Gasteiger partial charge in [-0.3, -0.25) is 4.79 Å². The first-order chi connectivity index (χ1) is 17.2. The molecule has 1 saturated heterocycles. The summed E-state index contributed by atoms with van der Waals surface area (Å²) in [6, 6.07) is 0. The zero-order valence-electron chi connectivity index (χ0n) is 24.5. The third-order valence-electron chi connectivity index (χ3n) is 8.24. The number of rotatable bonds is 21. The van der Waals surface area contributed by atoms with Crippen molar-refractivity contribution in [1.29, 1.82) is 0 Å². The van der Waals surface area contributed by atoms with Crippen LogP contribution in [0.15, 0.2) is 0 Å². The van der Waals surface area contributed by atoms with Crippen LogP contribution < -0.4 is 0 Å². The van der Waals surface area contributed by atoms with Crippen molar-refractivity contribution >= 4 is 5.97 Å². The molecule has 1 fully saturated rings. The second-order valence-electron chi connectivity index (χ2n) is 12.3. The topological polar surface area (TPSA) is 76.0 Å². The molecular formula is C31H60O5. The van der Waals surface area contributed by atoms with Crippen LogP contribution in [0.25, 0.3) is 0 Å². The van der Waals surface area contributed by atoms with Gasteiger partial charge in [-0.1, -0.05) is 118 Å². The van der Waals surface area contributed by atoms with E-state index in [0.29, 0.717) is 19.4 Å². The Hall–Kier alpha value is -0.650. The number of carboxylic acids is 1. The summed E-state index contributed by atoms with van der Waals surface area (Å²) in [4.78, 5) is 12.1. The third kappa shape index (κ3) is 12.7. The Morgan fingerprint density at radius 2 is 1.44 bits per heavy atom. The van der Waals surface area contributed by atoms with Crippen LogP contribution in [0, 0.1) is 11.3 Å². The normalized spacial score (nSPS) is 20.1. The molecule has 5 heteroatoms. The zero-order valence-corrected chi connectivity index (χ0v) is 24.5. The third-order valence-corrected chi connectivity index (χ3v) is 8.24. The maximum Gasteiger partial charge on any atom is 0.309 e. The van der Waals surface area contributed by atoms with Gasteiger partial charge in [0.2, 0.25) is 0 Å². The number of hydrogen-bond acceptors (Lipinski definition) is 4. The lowest BCUT2D eigenvalue weighted by molar-refractivity contribution is -0.264. The van der Waals surface area contributed by atoms with E-state index in [0.717, 1.165) is 64.2 Å². The molecule has 0 aliphatic carbocycles. The number of aliphatic hydroxyl groups is 1. The van der Waals surface area contributed by atoms with Gasteiger partial charge in [0.1, 0.15) is 0 Å². The minimum absolute atomic E-state index is 0.250. The lowest BCUT2D eigenvalue weighted by atomic mass is 9.68. The first-order valence-corrected chi connectivity index (χ1v) is 15.4. The Labute approximate surface area is 223 Å². The van der Waals surface area contributed by atoms with Gasteiger partial charge >= 0.3 is 5.97 Å². The molecule has 1 aliphatic rings. The molecule has 4 atom stereocenters. The lowest BCUT2D eigenvalue weighted by Crippen LogP contribution is -2.52. The Kier molecular flexibility index (Phi) is 17.2. The van der Waals surface area contributed by atoms with Gasteiger partial charge in [-0.2, -0.15) is 0 Å². The first kappa shape index (κ1) is 33.4. The van der Waals surface area contributed by atoms with Crippen LogP contribution in [0.1, 0.15) is 157 Å². The van der Waals surface area contributed by atoms with Crippen molar-refractivity contribution in [3.8, 4) is 0 Å². The number of aliphatic hydroxyl groups excluding tert-OH is 1. The van der Waals surface area contributed by atoms with Crippen molar-refractivity contribution in [3.63, 3.8) is 0 Å². The second kappa shape index (κ2) is 18.6. The Morgan fingerprint density at radius 3 is 1.94 bits per heavy atom. The number of unbranched alkanes of at least 4 members (excludes halogenated alkanes) is 11. The number of ether oxygens (including phenoxy) is 2. The van der Waals surface area contributed by atoms with E-state index in [4.69, 9.17) is 9.47 Å². The molecule has 1 heterocycles. The lowest BCUT2D eigenvalue weighted by Gasteiger charge is -2.48. The average Bonchev–Trinajstić information content (AvgIpc) is 2.82. The largest absolute Gasteiger partial charge is 0.481 e. The predicted octanol–water partition coefficient (Wildman–Crippen LogP) is 8.66. The Bertz CT molecular complexity index is 552. The summed E-state index contributed by atoms with van der Waals surface area (Å²) < 4.78 is 12.8. The van der Waals surface area contributed by atoms with Gasteiger partial charge in [-0.05, 0) is 37.5 Å². The Balaban J connectivity index is 2.87. The summed E-state index contributed by atoms with van der Waals surface area (Å²) in [5.74, 6) is -1.64. The average molecular weight is 513 g/mol. The molecule has 1 rings (SSSR count). The van der Waals surface area contributed by atoms with Crippen molar-refractivity contribution in [2.45, 2.75) is 175 Å². The molecule has 5 nitrogen and oxygen atoms in total. The summed E-state index contributed by atoms with van der Waals surface area (Å²) in [7, 11) is 0. The second-order valence-corrected chi connectivity index (χ2v) is 12.3. The molecular weight excluding hydrogens is 452 g/mol. The van der Waals surface area contributed by atoms with Crippen molar-refractivity contribution in [2.75, 3.05) is 6.61 Å². The van der Waals surface area contributed by atoms with Crippen LogP contribution in [0.4, 0.5) is 0 Å². The fraction of sp³-hybridized carbons (Fsp3) is 0.968. The molecule has 0 amide bonds. The van der Waals surface area contributed by atoms with Crippen molar-refractivity contribution in [2.24, 2.45) is 11.3 Å². The fourth-order valence-electron chi connectivity index (χ4n) is 5.60. The van der Waals surface area contributed by atoms with Gasteiger partial charge in [0.25, 0.3) is 0 Å². The molecule has 0 radical (unpaired) electrons. The maximum absolute atomic E-state index is 12.1. The molecule has 0 bridgehead atoms. The number of aliphatic carboxylic acids is 1. The van der Waals surface area contributed by atoms with Crippen molar-refractivity contribution in [1.82, 2.24) is 0 Å². The van der Waals surface area contributed by atoms with Gasteiger partial charge < -0.3 is 19.7 Å². The molecule has 0 aromatic rings. The molecule has 0 aromatic carbocycles. The van der Waals surface area contributed by atoms with Crippen LogP contribution >= 0.6 is 0 Å². The standard InChI is InChI=1S/C31H60O5/c1-6-8-10-12-13-14-15-16-19-23-31(30(3,4)5,36-28-22-18-20-24-35-28)25-27(32)26(29(33)34)21-17-11-9-7-2/h26-28,32H,6-25H2,1-5H3,(H,33,34)/t26?,27?,28-,31?/m1/s1. The highest BCUT2D eigenvalue weighted by atomic mass is 16.7. The first-order valence-electron chi connectivity index (χ1n) is 15.4. The molecule has 0 aromatic heterocycles. The van der Waals surface area contributed by atoms with Crippen LogP contribution in [0.3, 0.4) is 0 Å². The molecule has 214 valence electrons. The molecule has 1 aliphatic heterocycles. The van der Waals surface area contributed by atoms with Crippen LogP contribution in [-0.2, 0) is 14.3 Å². The summed E-state index contributed by atoms with van der Waals surface area (Å²) >= 11 is 0. The summed E-state index contributed by atoms with van der Waals surface area (Å²) in [6.45, 7) is 11.6. The monoisotopic (exact) mass is 512 g/mol. The van der Waals surface area contributed by atoms with Crippen molar-refractivity contribution < 1.29 is 24.5 Å². The number of carbonyl (C=O) groups is 1. The van der Waals surface area contributed by atoms with Gasteiger partial charge in [0, 0.05) is 13.0 Å². The molecule has 2 N–H and O–H groups in total. The minimum atomic E-state index is -0.925. The van der Waals surface area contributed by atoms with Gasteiger partial charge in [0.15, 0.2) is 6.29 Å². The summed E-state index contributed by atoms with van der Waals surface area (Å²) in [5, 5.41) is 21.3. The summed E-state index contributed by atoms with van der Waals surface area (Å²) in [5.41, 5.74) is -0.868. The van der Waals surface area contributed by atoms with Crippen LogP contribution in [0.2, 0.25) is 0 Å². The molecule has 0 spiro atoms. The smallest absolute Gasteiger partial charge is 0.309 e. The van der Waals surface area contributed by atoms with E-state index in [-0.39, 0.29) is 11.7 Å². The van der Waals surface area contributed by atoms with Crippen LogP contribution in [-0.4, -0.2) is 40.8 Å². The van der Waals surface area contributed by atoms with Gasteiger partial charge in [-0.25, -0.2) is 0 Å². The minimum Gasteiger partial charge on any atom is -0.481 e. The van der Waals surface area contributed by atoms with Gasteiger partial charge in [0.05, 0.1) is 17.6 Å². The highest BCUT2D eigenvalue weighted by Gasteiger charge is 2.47.